The van der Waals surface area contributed by atoms with Crippen LogP contribution >= 0.6 is 0 Å². The van der Waals surface area contributed by atoms with Crippen LogP contribution in [0.1, 0.15) is 51.9 Å². The second-order valence-electron chi connectivity index (χ2n) is 3.53. The minimum atomic E-state index is 0.137. The molecule has 0 amide bonds. The molecule has 1 unspecified atom stereocenters. The zero-order chi connectivity index (χ0) is 9.23. The number of rotatable bonds is 8. The molecule has 0 heterocycles. The van der Waals surface area contributed by atoms with Gasteiger partial charge in [0.25, 0.3) is 0 Å². The average molecular weight is 168 g/mol. The first-order valence-electron chi connectivity index (χ1n) is 5.09. The Morgan fingerprint density at radius 2 is 1.75 bits per heavy atom. The van der Waals surface area contributed by atoms with Gasteiger partial charge in [0.1, 0.15) is 0 Å². The summed E-state index contributed by atoms with van der Waals surface area (Å²) in [5.41, 5.74) is 7.31. The minimum Gasteiger partial charge on any atom is -0.255 e. The van der Waals surface area contributed by atoms with Gasteiger partial charge in [0.15, 0.2) is 0 Å². The first kappa shape index (κ1) is 11.7. The van der Waals surface area contributed by atoms with E-state index in [0.29, 0.717) is 0 Å². The van der Waals surface area contributed by atoms with E-state index in [1.807, 2.05) is 13.0 Å². The van der Waals surface area contributed by atoms with E-state index in [9.17, 15) is 0 Å². The lowest BCUT2D eigenvalue weighted by Crippen LogP contribution is -2.00. The Hall–Kier alpha value is -0.300. The van der Waals surface area contributed by atoms with Crippen LogP contribution < -0.4 is 5.73 Å². The average Bonchev–Trinajstić information content (AvgIpc) is 2.02. The standard InChI is InChI=1S/C11H22N/c1-3-4-5-6-7-8-9-10-11(2)12/h3,11-12H,1,4-10H2,2H3. The van der Waals surface area contributed by atoms with Gasteiger partial charge in [0.2, 0.25) is 0 Å². The molecular formula is C11H22N. The summed E-state index contributed by atoms with van der Waals surface area (Å²) in [6, 6.07) is 0.137. The lowest BCUT2D eigenvalue weighted by atomic mass is 10.1. The number of nitrogens with one attached hydrogen (secondary N) is 1. The third-order valence-electron chi connectivity index (χ3n) is 2.05. The van der Waals surface area contributed by atoms with Crippen LogP contribution in [0.25, 0.3) is 0 Å². The monoisotopic (exact) mass is 168 g/mol. The van der Waals surface area contributed by atoms with E-state index in [4.69, 9.17) is 5.73 Å². The molecule has 0 aliphatic heterocycles. The van der Waals surface area contributed by atoms with Crippen molar-refractivity contribution in [3.8, 4) is 0 Å². The molecule has 1 heteroatoms. The van der Waals surface area contributed by atoms with Crippen molar-refractivity contribution < 1.29 is 0 Å². The van der Waals surface area contributed by atoms with Gasteiger partial charge in [-0.2, -0.15) is 0 Å². The summed E-state index contributed by atoms with van der Waals surface area (Å²) >= 11 is 0. The van der Waals surface area contributed by atoms with E-state index in [2.05, 4.69) is 6.58 Å². The molecule has 1 nitrogen and oxygen atoms in total. The first-order chi connectivity index (χ1) is 5.77. The molecule has 71 valence electrons. The molecule has 0 spiro atoms. The Kier molecular flexibility index (Phi) is 8.57. The normalized spacial score (nSPS) is 12.8. The van der Waals surface area contributed by atoms with Gasteiger partial charge in [0.05, 0.1) is 0 Å². The minimum absolute atomic E-state index is 0.137. The maximum absolute atomic E-state index is 7.31. The fraction of sp³-hybridized carbons (Fsp3) is 0.818. The van der Waals surface area contributed by atoms with Crippen LogP contribution in [0, 0.1) is 0 Å². The van der Waals surface area contributed by atoms with Gasteiger partial charge in [-0.15, -0.1) is 6.58 Å². The Morgan fingerprint density at radius 3 is 2.33 bits per heavy atom. The summed E-state index contributed by atoms with van der Waals surface area (Å²) in [5, 5.41) is 0. The number of unbranched alkanes of at least 4 members (excludes halogenated alkanes) is 5. The maximum Gasteiger partial charge on any atom is 0.0184 e. The molecule has 0 aromatic carbocycles. The Bertz CT molecular complexity index is 97.2. The molecule has 0 saturated heterocycles. The summed E-state index contributed by atoms with van der Waals surface area (Å²) in [6.07, 6.45) is 10.7. The molecule has 1 radical (unpaired) electrons. The largest absolute Gasteiger partial charge is 0.255 e. The molecule has 0 aromatic heterocycles. The van der Waals surface area contributed by atoms with Crippen molar-refractivity contribution in [2.75, 3.05) is 0 Å². The van der Waals surface area contributed by atoms with E-state index < -0.39 is 0 Å². The summed E-state index contributed by atoms with van der Waals surface area (Å²) in [5.74, 6) is 0. The second-order valence-corrected chi connectivity index (χ2v) is 3.53. The molecule has 0 fully saturated rings. The van der Waals surface area contributed by atoms with Gasteiger partial charge in [-0.25, -0.2) is 0 Å². The lowest BCUT2D eigenvalue weighted by Gasteiger charge is -2.02. The maximum atomic E-state index is 7.31. The van der Waals surface area contributed by atoms with Gasteiger partial charge in [-0.05, 0) is 26.2 Å². The van der Waals surface area contributed by atoms with E-state index in [1.54, 1.807) is 0 Å². The zero-order valence-corrected chi connectivity index (χ0v) is 8.31. The Morgan fingerprint density at radius 1 is 1.17 bits per heavy atom. The van der Waals surface area contributed by atoms with Gasteiger partial charge in [-0.1, -0.05) is 31.8 Å². The molecule has 0 aromatic rings. The number of allylic oxidation sites excluding steroid dienone is 1. The molecule has 12 heavy (non-hydrogen) atoms. The third-order valence-corrected chi connectivity index (χ3v) is 2.05. The highest BCUT2D eigenvalue weighted by Gasteiger charge is 1.94. The van der Waals surface area contributed by atoms with Crippen LogP contribution in [-0.2, 0) is 0 Å². The topological polar surface area (TPSA) is 23.8 Å². The van der Waals surface area contributed by atoms with Crippen molar-refractivity contribution >= 4 is 0 Å². The van der Waals surface area contributed by atoms with Crippen LogP contribution in [0.2, 0.25) is 0 Å². The van der Waals surface area contributed by atoms with Crippen molar-refractivity contribution in [1.29, 1.82) is 0 Å². The zero-order valence-electron chi connectivity index (χ0n) is 8.31. The molecule has 0 aliphatic carbocycles. The van der Waals surface area contributed by atoms with E-state index in [-0.39, 0.29) is 6.04 Å². The molecule has 1 atom stereocenters. The van der Waals surface area contributed by atoms with E-state index >= 15 is 0 Å². The third kappa shape index (κ3) is 9.70. The van der Waals surface area contributed by atoms with Gasteiger partial charge >= 0.3 is 0 Å². The Balaban J connectivity index is 2.86. The van der Waals surface area contributed by atoms with E-state index in [1.165, 1.54) is 32.1 Å². The highest BCUT2D eigenvalue weighted by molar-refractivity contribution is 4.65. The number of hydrogen-bond acceptors (Lipinski definition) is 0. The fourth-order valence-corrected chi connectivity index (χ4v) is 1.27. The van der Waals surface area contributed by atoms with Crippen molar-refractivity contribution in [2.24, 2.45) is 0 Å². The van der Waals surface area contributed by atoms with Crippen LogP contribution in [0.5, 0.6) is 0 Å². The molecule has 0 bridgehead atoms. The predicted molar refractivity (Wildman–Crippen MR) is 55.1 cm³/mol. The summed E-state index contributed by atoms with van der Waals surface area (Å²) in [7, 11) is 0. The quantitative estimate of drug-likeness (QED) is 0.391. The molecule has 1 N–H and O–H groups in total. The first-order valence-corrected chi connectivity index (χ1v) is 5.09. The van der Waals surface area contributed by atoms with E-state index in [0.717, 1.165) is 12.8 Å². The van der Waals surface area contributed by atoms with Crippen molar-refractivity contribution in [2.45, 2.75) is 57.9 Å². The fourth-order valence-electron chi connectivity index (χ4n) is 1.27. The van der Waals surface area contributed by atoms with Gasteiger partial charge in [-0.3, -0.25) is 5.73 Å². The Labute approximate surface area is 77.0 Å². The van der Waals surface area contributed by atoms with Crippen LogP contribution in [-0.4, -0.2) is 6.04 Å². The SMILES string of the molecule is C=CCCCCCCCC(C)[NH]. The lowest BCUT2D eigenvalue weighted by molar-refractivity contribution is 0.551. The van der Waals surface area contributed by atoms with Gasteiger partial charge in [0, 0.05) is 6.04 Å². The number of hydrogen-bond donors (Lipinski definition) is 0. The molecule has 0 saturated carbocycles. The van der Waals surface area contributed by atoms with Crippen LogP contribution in [0.4, 0.5) is 0 Å². The molecule has 0 aliphatic rings. The second kappa shape index (κ2) is 8.79. The van der Waals surface area contributed by atoms with Crippen molar-refractivity contribution in [3.63, 3.8) is 0 Å². The summed E-state index contributed by atoms with van der Waals surface area (Å²) in [4.78, 5) is 0. The van der Waals surface area contributed by atoms with Crippen molar-refractivity contribution in [3.05, 3.63) is 12.7 Å². The molecular weight excluding hydrogens is 146 g/mol. The highest BCUT2D eigenvalue weighted by atomic mass is 14.6. The van der Waals surface area contributed by atoms with Crippen molar-refractivity contribution in [1.82, 2.24) is 5.73 Å². The van der Waals surface area contributed by atoms with Crippen LogP contribution in [0.15, 0.2) is 12.7 Å². The smallest absolute Gasteiger partial charge is 0.0184 e. The molecule has 0 rings (SSSR count). The summed E-state index contributed by atoms with van der Waals surface area (Å²) < 4.78 is 0. The predicted octanol–water partition coefficient (Wildman–Crippen LogP) is 3.57. The highest BCUT2D eigenvalue weighted by Crippen LogP contribution is 2.08. The summed E-state index contributed by atoms with van der Waals surface area (Å²) in [6.45, 7) is 5.66. The van der Waals surface area contributed by atoms with Gasteiger partial charge < -0.3 is 0 Å². The van der Waals surface area contributed by atoms with Crippen LogP contribution in [0.3, 0.4) is 0 Å².